The molecule has 0 atom stereocenters. The Morgan fingerprint density at radius 2 is 1.88 bits per heavy atom. The molecule has 3 rings (SSSR count). The first-order valence-corrected chi connectivity index (χ1v) is 8.51. The second-order valence-corrected chi connectivity index (χ2v) is 6.46. The van der Waals surface area contributed by atoms with E-state index in [1.165, 1.54) is 12.1 Å². The highest BCUT2D eigenvalue weighted by Crippen LogP contribution is 2.24. The van der Waals surface area contributed by atoms with Crippen molar-refractivity contribution in [2.24, 2.45) is 0 Å². The molecule has 1 amide bonds. The van der Waals surface area contributed by atoms with Crippen LogP contribution in [0.1, 0.15) is 10.4 Å². The van der Waals surface area contributed by atoms with E-state index in [0.29, 0.717) is 23.1 Å². The number of ether oxygens (including phenoxy) is 1. The predicted octanol–water partition coefficient (Wildman–Crippen LogP) is 3.56. The van der Waals surface area contributed by atoms with E-state index >= 15 is 0 Å². The van der Waals surface area contributed by atoms with Gasteiger partial charge in [-0.05, 0) is 46.3 Å². The van der Waals surface area contributed by atoms with E-state index in [1.807, 2.05) is 24.3 Å². The van der Waals surface area contributed by atoms with Crippen LogP contribution in [0.3, 0.4) is 0 Å². The number of anilines is 1. The molecule has 0 bridgehead atoms. The largest absolute Gasteiger partial charge is 0.497 e. The number of halogens is 2. The van der Waals surface area contributed by atoms with Crippen LogP contribution in [0.2, 0.25) is 0 Å². The fourth-order valence-electron chi connectivity index (χ4n) is 2.81. The summed E-state index contributed by atoms with van der Waals surface area (Å²) in [7, 11) is 1.65. The third kappa shape index (κ3) is 3.53. The molecule has 4 nitrogen and oxygen atoms in total. The lowest BCUT2D eigenvalue weighted by molar-refractivity contribution is 0.0745. The van der Waals surface area contributed by atoms with E-state index in [2.05, 4.69) is 20.8 Å². The molecular formula is C18H18BrFN2O2. The molecule has 0 radical (unpaired) electrons. The molecule has 2 aromatic rings. The topological polar surface area (TPSA) is 32.8 Å². The molecule has 0 aromatic heterocycles. The quantitative estimate of drug-likeness (QED) is 0.800. The number of benzene rings is 2. The van der Waals surface area contributed by atoms with Crippen LogP contribution in [0.5, 0.6) is 5.75 Å². The average Bonchev–Trinajstić information content (AvgIpc) is 2.63. The monoisotopic (exact) mass is 392 g/mol. The van der Waals surface area contributed by atoms with Crippen molar-refractivity contribution in [3.63, 3.8) is 0 Å². The number of piperazine rings is 1. The normalized spacial score (nSPS) is 14.6. The van der Waals surface area contributed by atoms with Crippen molar-refractivity contribution in [3.8, 4) is 5.75 Å². The van der Waals surface area contributed by atoms with E-state index in [-0.39, 0.29) is 5.91 Å². The Balaban J connectivity index is 1.68. The van der Waals surface area contributed by atoms with Crippen LogP contribution in [-0.4, -0.2) is 44.1 Å². The highest BCUT2D eigenvalue weighted by molar-refractivity contribution is 9.10. The molecule has 2 aromatic carbocycles. The lowest BCUT2D eigenvalue weighted by atomic mass is 10.1. The number of carbonyl (C=O) groups excluding carboxylic acids is 1. The minimum Gasteiger partial charge on any atom is -0.497 e. The lowest BCUT2D eigenvalue weighted by Gasteiger charge is -2.36. The molecule has 1 aliphatic heterocycles. The minimum absolute atomic E-state index is 0.147. The number of methoxy groups -OCH3 is 1. The molecule has 1 aliphatic rings. The Kier molecular flexibility index (Phi) is 5.04. The average molecular weight is 393 g/mol. The van der Waals surface area contributed by atoms with E-state index in [9.17, 15) is 9.18 Å². The molecule has 1 fully saturated rings. The number of hydrogen-bond acceptors (Lipinski definition) is 3. The van der Waals surface area contributed by atoms with Crippen molar-refractivity contribution in [2.45, 2.75) is 0 Å². The Bertz CT molecular complexity index is 746. The summed E-state index contributed by atoms with van der Waals surface area (Å²) >= 11 is 3.32. The van der Waals surface area contributed by atoms with Gasteiger partial charge in [-0.2, -0.15) is 0 Å². The number of nitrogens with zero attached hydrogens (tertiary/aromatic N) is 2. The van der Waals surface area contributed by atoms with Crippen molar-refractivity contribution < 1.29 is 13.9 Å². The van der Waals surface area contributed by atoms with Crippen LogP contribution >= 0.6 is 15.9 Å². The molecule has 0 unspecified atom stereocenters. The first kappa shape index (κ1) is 16.8. The molecule has 24 heavy (non-hydrogen) atoms. The fourth-order valence-corrected chi connectivity index (χ4v) is 3.22. The lowest BCUT2D eigenvalue weighted by Crippen LogP contribution is -2.48. The van der Waals surface area contributed by atoms with Crippen molar-refractivity contribution in [2.75, 3.05) is 38.2 Å². The number of hydrogen-bond donors (Lipinski definition) is 0. The van der Waals surface area contributed by atoms with E-state index in [0.717, 1.165) is 24.5 Å². The molecule has 1 saturated heterocycles. The highest BCUT2D eigenvalue weighted by Gasteiger charge is 2.24. The second kappa shape index (κ2) is 7.21. The first-order chi connectivity index (χ1) is 11.6. The summed E-state index contributed by atoms with van der Waals surface area (Å²) in [6.45, 7) is 2.65. The minimum atomic E-state index is -0.406. The number of rotatable bonds is 3. The van der Waals surface area contributed by atoms with Crippen molar-refractivity contribution >= 4 is 27.5 Å². The van der Waals surface area contributed by atoms with Gasteiger partial charge < -0.3 is 14.5 Å². The van der Waals surface area contributed by atoms with E-state index < -0.39 is 5.82 Å². The van der Waals surface area contributed by atoms with Gasteiger partial charge in [0.15, 0.2) is 0 Å². The third-order valence-corrected chi connectivity index (χ3v) is 4.84. The van der Waals surface area contributed by atoms with Crippen LogP contribution in [0, 0.1) is 5.82 Å². The van der Waals surface area contributed by atoms with E-state index in [1.54, 1.807) is 18.1 Å². The molecule has 6 heteroatoms. The molecule has 1 heterocycles. The summed E-state index contributed by atoms with van der Waals surface area (Å²) in [5, 5.41) is 0. The maximum Gasteiger partial charge on any atom is 0.255 e. The van der Waals surface area contributed by atoms with Crippen LogP contribution < -0.4 is 9.64 Å². The van der Waals surface area contributed by atoms with Gasteiger partial charge in [-0.3, -0.25) is 4.79 Å². The van der Waals surface area contributed by atoms with Crippen LogP contribution in [0.25, 0.3) is 0 Å². The Hall–Kier alpha value is -2.08. The Labute approximate surface area is 149 Å². The SMILES string of the molecule is COc1cccc(N2CCN(C(=O)c3cc(F)ccc3Br)CC2)c1. The summed E-state index contributed by atoms with van der Waals surface area (Å²) < 4.78 is 19.3. The Morgan fingerprint density at radius 1 is 1.12 bits per heavy atom. The van der Waals surface area contributed by atoms with Crippen molar-refractivity contribution in [1.29, 1.82) is 0 Å². The maximum atomic E-state index is 13.4. The summed E-state index contributed by atoms with van der Waals surface area (Å²) in [6.07, 6.45) is 0. The zero-order chi connectivity index (χ0) is 17.1. The zero-order valence-corrected chi connectivity index (χ0v) is 14.9. The maximum absolute atomic E-state index is 13.4. The second-order valence-electron chi connectivity index (χ2n) is 5.60. The number of carbonyl (C=O) groups is 1. The van der Waals surface area contributed by atoms with E-state index in [4.69, 9.17) is 4.74 Å². The summed E-state index contributed by atoms with van der Waals surface area (Å²) in [5.74, 6) is 0.262. The number of amides is 1. The van der Waals surface area contributed by atoms with Gasteiger partial charge in [-0.15, -0.1) is 0 Å². The fraction of sp³-hybridized carbons (Fsp3) is 0.278. The highest BCUT2D eigenvalue weighted by atomic mass is 79.9. The summed E-state index contributed by atoms with van der Waals surface area (Å²) in [4.78, 5) is 16.6. The predicted molar refractivity (Wildman–Crippen MR) is 95.2 cm³/mol. The van der Waals surface area contributed by atoms with Gasteiger partial charge in [0, 0.05) is 42.4 Å². The van der Waals surface area contributed by atoms with Gasteiger partial charge in [0.1, 0.15) is 11.6 Å². The molecular weight excluding hydrogens is 375 g/mol. The van der Waals surface area contributed by atoms with Crippen LogP contribution in [-0.2, 0) is 0 Å². The smallest absolute Gasteiger partial charge is 0.255 e. The Morgan fingerprint density at radius 3 is 2.58 bits per heavy atom. The standard InChI is InChI=1S/C18H18BrFN2O2/c1-24-15-4-2-3-14(12-15)21-7-9-22(10-8-21)18(23)16-11-13(20)5-6-17(16)19/h2-6,11-12H,7-10H2,1H3. The van der Waals surface area contributed by atoms with Crippen LogP contribution in [0.15, 0.2) is 46.9 Å². The van der Waals surface area contributed by atoms with Gasteiger partial charge in [-0.25, -0.2) is 4.39 Å². The van der Waals surface area contributed by atoms with Crippen LogP contribution in [0.4, 0.5) is 10.1 Å². The molecule has 0 aliphatic carbocycles. The van der Waals surface area contributed by atoms with Crippen molar-refractivity contribution in [1.82, 2.24) is 4.90 Å². The zero-order valence-electron chi connectivity index (χ0n) is 13.3. The summed E-state index contributed by atoms with van der Waals surface area (Å²) in [5.41, 5.74) is 1.44. The molecule has 0 N–H and O–H groups in total. The first-order valence-electron chi connectivity index (χ1n) is 7.72. The molecule has 0 saturated carbocycles. The van der Waals surface area contributed by atoms with Crippen molar-refractivity contribution in [3.05, 3.63) is 58.3 Å². The molecule has 0 spiro atoms. The summed E-state index contributed by atoms with van der Waals surface area (Å²) in [6, 6.07) is 12.1. The van der Waals surface area contributed by atoms with Gasteiger partial charge in [0.05, 0.1) is 12.7 Å². The molecule has 126 valence electrons. The van der Waals surface area contributed by atoms with Gasteiger partial charge in [0.2, 0.25) is 0 Å². The third-order valence-electron chi connectivity index (χ3n) is 4.14. The van der Waals surface area contributed by atoms with Gasteiger partial charge in [0.25, 0.3) is 5.91 Å². The van der Waals surface area contributed by atoms with Gasteiger partial charge in [-0.1, -0.05) is 6.07 Å². The van der Waals surface area contributed by atoms with Gasteiger partial charge >= 0.3 is 0 Å².